The lowest BCUT2D eigenvalue weighted by Crippen LogP contribution is -2.39. The molecule has 0 aliphatic carbocycles. The topological polar surface area (TPSA) is 38.7 Å². The van der Waals surface area contributed by atoms with Gasteiger partial charge >= 0.3 is 6.36 Å². The van der Waals surface area contributed by atoms with Gasteiger partial charge in [-0.2, -0.15) is 0 Å². The van der Waals surface area contributed by atoms with Crippen LogP contribution in [0.4, 0.5) is 13.2 Å². The summed E-state index contributed by atoms with van der Waals surface area (Å²) in [4.78, 5) is 0. The Labute approximate surface area is 121 Å². The van der Waals surface area contributed by atoms with Gasteiger partial charge in [0, 0.05) is 18.4 Å². The molecule has 0 amide bonds. The molecule has 0 radical (unpaired) electrons. The minimum atomic E-state index is -4.78. The third-order valence-corrected chi connectivity index (χ3v) is 3.66. The molecule has 118 valence electrons. The van der Waals surface area contributed by atoms with E-state index in [1.165, 1.54) is 18.2 Å². The molecule has 1 aromatic carbocycles. The van der Waals surface area contributed by atoms with Crippen LogP contribution in [-0.2, 0) is 10.3 Å². The van der Waals surface area contributed by atoms with Gasteiger partial charge in [0.05, 0.1) is 18.3 Å². The van der Waals surface area contributed by atoms with Crippen LogP contribution in [0.25, 0.3) is 0 Å². The molecule has 2 atom stereocenters. The average Bonchev–Trinajstić information content (AvgIpc) is 2.38. The molecule has 1 heterocycles. The number of hydrogen-bond donors (Lipinski definition) is 1. The van der Waals surface area contributed by atoms with Crippen LogP contribution in [0.3, 0.4) is 0 Å². The van der Waals surface area contributed by atoms with Crippen molar-refractivity contribution in [1.82, 2.24) is 0 Å². The van der Waals surface area contributed by atoms with Crippen molar-refractivity contribution >= 4 is 0 Å². The first-order valence-corrected chi connectivity index (χ1v) is 7.03. The predicted molar refractivity (Wildman–Crippen MR) is 70.9 cm³/mol. The van der Waals surface area contributed by atoms with E-state index in [9.17, 15) is 18.3 Å². The van der Waals surface area contributed by atoms with E-state index in [2.05, 4.69) is 4.74 Å². The van der Waals surface area contributed by atoms with Gasteiger partial charge in [-0.3, -0.25) is 0 Å². The number of halogens is 3. The second kappa shape index (κ2) is 6.23. The summed E-state index contributed by atoms with van der Waals surface area (Å²) in [6.07, 6.45) is -2.73. The van der Waals surface area contributed by atoms with Crippen molar-refractivity contribution in [3.63, 3.8) is 0 Å². The summed E-state index contributed by atoms with van der Waals surface area (Å²) in [6, 6.07) is 5.76. The fourth-order valence-electron chi connectivity index (χ4n) is 2.75. The van der Waals surface area contributed by atoms with Gasteiger partial charge < -0.3 is 14.6 Å². The normalized spacial score (nSPS) is 26.6. The van der Waals surface area contributed by atoms with Crippen molar-refractivity contribution in [2.24, 2.45) is 0 Å². The van der Waals surface area contributed by atoms with E-state index >= 15 is 0 Å². The highest BCUT2D eigenvalue weighted by Gasteiger charge is 2.40. The molecule has 1 fully saturated rings. The third kappa shape index (κ3) is 4.11. The van der Waals surface area contributed by atoms with Crippen LogP contribution < -0.4 is 4.74 Å². The minimum Gasteiger partial charge on any atom is -0.405 e. The number of alkyl halides is 3. The fraction of sp³-hybridized carbons (Fsp3) is 0.600. The molecule has 0 saturated carbocycles. The molecule has 21 heavy (non-hydrogen) atoms. The number of rotatable bonds is 4. The van der Waals surface area contributed by atoms with Gasteiger partial charge in [-0.15, -0.1) is 13.2 Å². The molecule has 1 aliphatic rings. The molecule has 1 saturated heterocycles. The summed E-state index contributed by atoms with van der Waals surface area (Å²) < 4.78 is 47.0. The van der Waals surface area contributed by atoms with Gasteiger partial charge in [-0.25, -0.2) is 0 Å². The molecule has 0 bridgehead atoms. The Hall–Kier alpha value is -1.27. The highest BCUT2D eigenvalue weighted by molar-refractivity contribution is 5.38. The van der Waals surface area contributed by atoms with Crippen LogP contribution in [0.15, 0.2) is 24.3 Å². The van der Waals surface area contributed by atoms with Crippen LogP contribution >= 0.6 is 0 Å². The minimum absolute atomic E-state index is 0.146. The number of benzene rings is 1. The smallest absolute Gasteiger partial charge is 0.405 e. The van der Waals surface area contributed by atoms with Crippen molar-refractivity contribution in [3.8, 4) is 5.75 Å². The Bertz CT molecular complexity index is 473. The molecule has 2 rings (SSSR count). The third-order valence-electron chi connectivity index (χ3n) is 3.66. The first-order valence-electron chi connectivity index (χ1n) is 7.03. The Balaban J connectivity index is 2.27. The number of para-hydroxylation sites is 1. The van der Waals surface area contributed by atoms with Gasteiger partial charge in [0.1, 0.15) is 5.75 Å². The predicted octanol–water partition coefficient (Wildman–Crippen LogP) is 3.75. The molecular formula is C15H19F3O3. The van der Waals surface area contributed by atoms with Crippen LogP contribution in [-0.4, -0.2) is 24.2 Å². The lowest BCUT2D eigenvalue weighted by Gasteiger charge is -2.38. The summed E-state index contributed by atoms with van der Waals surface area (Å²) in [6.45, 7) is 2.32. The lowest BCUT2D eigenvalue weighted by atomic mass is 9.82. The second-order valence-electron chi connectivity index (χ2n) is 5.31. The zero-order chi connectivity index (χ0) is 15.5. The highest BCUT2D eigenvalue weighted by atomic mass is 19.4. The molecule has 2 unspecified atom stereocenters. The van der Waals surface area contributed by atoms with Crippen molar-refractivity contribution in [2.75, 3.05) is 6.61 Å². The zero-order valence-electron chi connectivity index (χ0n) is 11.8. The molecule has 6 heteroatoms. The monoisotopic (exact) mass is 304 g/mol. The van der Waals surface area contributed by atoms with Crippen LogP contribution in [0, 0.1) is 0 Å². The standard InChI is InChI=1S/C15H19F3O3/c1-2-5-11-10-14(19,8-9-20-11)12-6-3-4-7-13(12)21-15(16,17)18/h3-4,6-7,11,19H,2,5,8-10H2,1H3. The fourth-order valence-corrected chi connectivity index (χ4v) is 2.75. The van der Waals surface area contributed by atoms with Gasteiger partial charge in [-0.05, 0) is 12.5 Å². The van der Waals surface area contributed by atoms with E-state index in [4.69, 9.17) is 4.74 Å². The Morgan fingerprint density at radius 1 is 1.38 bits per heavy atom. The summed E-state index contributed by atoms with van der Waals surface area (Å²) in [5, 5.41) is 10.8. The van der Waals surface area contributed by atoms with Crippen LogP contribution in [0.5, 0.6) is 5.75 Å². The maximum absolute atomic E-state index is 12.5. The number of ether oxygens (including phenoxy) is 2. The maximum atomic E-state index is 12.5. The second-order valence-corrected chi connectivity index (χ2v) is 5.31. The van der Waals surface area contributed by atoms with Crippen LogP contribution in [0.2, 0.25) is 0 Å². The first kappa shape index (κ1) is 16.1. The van der Waals surface area contributed by atoms with Crippen molar-refractivity contribution in [2.45, 2.75) is 50.7 Å². The largest absolute Gasteiger partial charge is 0.573 e. The van der Waals surface area contributed by atoms with Crippen molar-refractivity contribution < 1.29 is 27.8 Å². The summed E-state index contributed by atoms with van der Waals surface area (Å²) in [5.74, 6) is -0.343. The molecule has 1 N–H and O–H groups in total. The summed E-state index contributed by atoms with van der Waals surface area (Å²) >= 11 is 0. The first-order chi connectivity index (χ1) is 9.84. The van der Waals surface area contributed by atoms with Gasteiger partial charge in [-0.1, -0.05) is 31.5 Å². The molecule has 1 aliphatic heterocycles. The summed E-state index contributed by atoms with van der Waals surface area (Å²) in [5.41, 5.74) is -1.17. The Morgan fingerprint density at radius 3 is 2.76 bits per heavy atom. The van der Waals surface area contributed by atoms with Gasteiger partial charge in [0.2, 0.25) is 0 Å². The Morgan fingerprint density at radius 2 is 2.10 bits per heavy atom. The lowest BCUT2D eigenvalue weighted by molar-refractivity contribution is -0.275. The highest BCUT2D eigenvalue weighted by Crippen LogP contribution is 2.41. The van der Waals surface area contributed by atoms with Gasteiger partial charge in [0.15, 0.2) is 0 Å². The summed E-state index contributed by atoms with van der Waals surface area (Å²) in [7, 11) is 0. The molecule has 0 spiro atoms. The van der Waals surface area contributed by atoms with E-state index < -0.39 is 12.0 Å². The van der Waals surface area contributed by atoms with E-state index in [0.717, 1.165) is 12.8 Å². The molecule has 0 aromatic heterocycles. The van der Waals surface area contributed by atoms with E-state index in [0.29, 0.717) is 6.61 Å². The average molecular weight is 304 g/mol. The van der Waals surface area contributed by atoms with E-state index in [-0.39, 0.29) is 30.3 Å². The number of hydrogen-bond acceptors (Lipinski definition) is 3. The maximum Gasteiger partial charge on any atom is 0.573 e. The number of aliphatic hydroxyl groups is 1. The molecular weight excluding hydrogens is 285 g/mol. The van der Waals surface area contributed by atoms with Crippen molar-refractivity contribution in [3.05, 3.63) is 29.8 Å². The quantitative estimate of drug-likeness (QED) is 0.920. The zero-order valence-corrected chi connectivity index (χ0v) is 11.8. The molecule has 3 nitrogen and oxygen atoms in total. The van der Waals surface area contributed by atoms with Gasteiger partial charge in [0.25, 0.3) is 0 Å². The van der Waals surface area contributed by atoms with Crippen molar-refractivity contribution in [1.29, 1.82) is 0 Å². The van der Waals surface area contributed by atoms with E-state index in [1.807, 2.05) is 6.92 Å². The molecule has 1 aromatic rings. The SMILES string of the molecule is CCCC1CC(O)(c2ccccc2OC(F)(F)F)CCO1. The Kier molecular flexibility index (Phi) is 4.78. The van der Waals surface area contributed by atoms with E-state index in [1.54, 1.807) is 6.07 Å². The van der Waals surface area contributed by atoms with Crippen LogP contribution in [0.1, 0.15) is 38.2 Å².